The maximum Gasteiger partial charge on any atom is 0.241 e. The maximum atomic E-state index is 12.9. The summed E-state index contributed by atoms with van der Waals surface area (Å²) in [5, 5.41) is 8.34. The lowest BCUT2D eigenvalue weighted by Gasteiger charge is -2.31. The highest BCUT2D eigenvalue weighted by Gasteiger charge is 2.33. The molecular weight excluding hydrogens is 462 g/mol. The number of anilines is 1. The molecular formula is C30H39N5O2. The van der Waals surface area contributed by atoms with Gasteiger partial charge in [-0.3, -0.25) is 4.79 Å². The second-order valence-electron chi connectivity index (χ2n) is 8.59. The van der Waals surface area contributed by atoms with Crippen molar-refractivity contribution in [3.8, 4) is 11.5 Å². The SMILES string of the molecule is CC.CC.CC1NCCC(N)(c2cncn2C)c2cccc(c2)Oc2ccc3cccc(c3c2)NC1=O. The van der Waals surface area contributed by atoms with Crippen LogP contribution >= 0.6 is 0 Å². The molecule has 0 spiro atoms. The zero-order chi connectivity index (χ0) is 27.0. The zero-order valence-electron chi connectivity index (χ0n) is 22.7. The maximum absolute atomic E-state index is 12.9. The Kier molecular flexibility index (Phi) is 9.44. The van der Waals surface area contributed by atoms with Gasteiger partial charge in [0.2, 0.25) is 5.91 Å². The molecule has 0 aliphatic carbocycles. The minimum atomic E-state index is -0.819. The third-order valence-electron chi connectivity index (χ3n) is 6.33. The topological polar surface area (TPSA) is 94.2 Å². The number of nitrogens with zero attached hydrogens (tertiary/aromatic N) is 2. The van der Waals surface area contributed by atoms with Gasteiger partial charge in [-0.25, -0.2) is 4.98 Å². The van der Waals surface area contributed by atoms with Gasteiger partial charge in [0.25, 0.3) is 0 Å². The number of aryl methyl sites for hydroxylation is 1. The molecule has 2 unspecified atom stereocenters. The smallest absolute Gasteiger partial charge is 0.241 e. The number of carbonyl (C=O) groups is 1. The highest BCUT2D eigenvalue weighted by atomic mass is 16.5. The van der Waals surface area contributed by atoms with Gasteiger partial charge in [0.15, 0.2) is 0 Å². The predicted octanol–water partition coefficient (Wildman–Crippen LogP) is 5.94. The van der Waals surface area contributed by atoms with E-state index in [4.69, 9.17) is 10.5 Å². The Morgan fingerprint density at radius 2 is 1.76 bits per heavy atom. The van der Waals surface area contributed by atoms with Crippen molar-refractivity contribution < 1.29 is 9.53 Å². The van der Waals surface area contributed by atoms with Crippen molar-refractivity contribution in [1.82, 2.24) is 14.9 Å². The highest BCUT2D eigenvalue weighted by molar-refractivity contribution is 6.04. The Morgan fingerprint density at radius 1 is 1.03 bits per heavy atom. The molecule has 196 valence electrons. The van der Waals surface area contributed by atoms with E-state index in [1.165, 1.54) is 0 Å². The molecule has 5 rings (SSSR count). The van der Waals surface area contributed by atoms with Gasteiger partial charge in [-0.15, -0.1) is 0 Å². The Hall–Kier alpha value is -3.68. The Bertz CT molecular complexity index is 1330. The molecule has 37 heavy (non-hydrogen) atoms. The minimum Gasteiger partial charge on any atom is -0.457 e. The summed E-state index contributed by atoms with van der Waals surface area (Å²) in [6.45, 7) is 10.4. The van der Waals surface area contributed by atoms with Crippen LogP contribution in [-0.2, 0) is 17.4 Å². The van der Waals surface area contributed by atoms with Crippen molar-refractivity contribution in [3.05, 3.63) is 84.4 Å². The van der Waals surface area contributed by atoms with Gasteiger partial charge in [-0.05, 0) is 61.2 Å². The number of amides is 1. The van der Waals surface area contributed by atoms with Crippen LogP contribution in [0.15, 0.2) is 73.2 Å². The quantitative estimate of drug-likeness (QED) is 0.300. The van der Waals surface area contributed by atoms with Gasteiger partial charge in [0.1, 0.15) is 11.5 Å². The summed E-state index contributed by atoms with van der Waals surface area (Å²) in [6.07, 6.45) is 4.11. The Morgan fingerprint density at radius 3 is 2.49 bits per heavy atom. The summed E-state index contributed by atoms with van der Waals surface area (Å²) in [5.74, 6) is 1.28. The number of benzene rings is 3. The van der Waals surface area contributed by atoms with Gasteiger partial charge in [-0.1, -0.05) is 58.0 Å². The molecule has 1 aromatic heterocycles. The van der Waals surface area contributed by atoms with E-state index in [-0.39, 0.29) is 5.91 Å². The summed E-state index contributed by atoms with van der Waals surface area (Å²) >= 11 is 0. The lowest BCUT2D eigenvalue weighted by atomic mass is 9.84. The molecule has 2 heterocycles. The standard InChI is InChI=1S/C26H27N5O2.2C2H6/c1-17-25(32)30-23-8-3-5-18-9-10-21(14-22(18)23)33-20-7-4-6-19(13-20)26(27,11-12-29-17)24-15-28-16-31(24)2;2*1-2/h3-10,13-17,29H,11-12,27H2,1-2H3,(H,30,32);2*1-2H3. The Balaban J connectivity index is 0.000000907. The second kappa shape index (κ2) is 12.5. The molecule has 1 amide bonds. The lowest BCUT2D eigenvalue weighted by Crippen LogP contribution is -2.45. The van der Waals surface area contributed by atoms with Gasteiger partial charge >= 0.3 is 0 Å². The van der Waals surface area contributed by atoms with Gasteiger partial charge < -0.3 is 25.7 Å². The van der Waals surface area contributed by atoms with E-state index in [9.17, 15) is 4.79 Å². The predicted molar refractivity (Wildman–Crippen MR) is 152 cm³/mol. The van der Waals surface area contributed by atoms with Gasteiger partial charge in [0, 0.05) is 18.1 Å². The van der Waals surface area contributed by atoms with Crippen LogP contribution in [0.3, 0.4) is 0 Å². The van der Waals surface area contributed by atoms with Gasteiger partial charge in [0.05, 0.1) is 29.8 Å². The summed E-state index contributed by atoms with van der Waals surface area (Å²) in [7, 11) is 1.93. The molecule has 2 atom stereocenters. The molecule has 1 aliphatic heterocycles. The third kappa shape index (κ3) is 6.01. The number of carbonyl (C=O) groups excluding carboxylic acids is 1. The lowest BCUT2D eigenvalue weighted by molar-refractivity contribution is -0.117. The largest absolute Gasteiger partial charge is 0.457 e. The number of hydrogen-bond donors (Lipinski definition) is 3. The number of nitrogens with one attached hydrogen (secondary N) is 2. The average Bonchev–Trinajstić information content (AvgIpc) is 3.37. The van der Waals surface area contributed by atoms with E-state index in [1.54, 1.807) is 12.5 Å². The molecule has 1 aliphatic rings. The summed E-state index contributed by atoms with van der Waals surface area (Å²) < 4.78 is 8.17. The van der Waals surface area contributed by atoms with Crippen LogP contribution in [0.1, 0.15) is 52.3 Å². The van der Waals surface area contributed by atoms with Crippen molar-refractivity contribution in [2.75, 3.05) is 11.9 Å². The number of ether oxygens (including phenoxy) is 1. The molecule has 3 aromatic carbocycles. The van der Waals surface area contributed by atoms with Crippen LogP contribution in [-0.4, -0.2) is 28.0 Å². The van der Waals surface area contributed by atoms with Crippen molar-refractivity contribution in [2.24, 2.45) is 12.8 Å². The number of fused-ring (bicyclic) bond motifs is 3. The highest BCUT2D eigenvalue weighted by Crippen LogP contribution is 2.35. The van der Waals surface area contributed by atoms with Crippen LogP contribution in [0.4, 0.5) is 5.69 Å². The number of nitrogens with two attached hydrogens (primary N) is 1. The average molecular weight is 502 g/mol. The minimum absolute atomic E-state index is 0.104. The molecule has 0 saturated carbocycles. The van der Waals surface area contributed by atoms with Crippen LogP contribution in [0, 0.1) is 0 Å². The van der Waals surface area contributed by atoms with Crippen molar-refractivity contribution in [1.29, 1.82) is 0 Å². The molecule has 4 aromatic rings. The van der Waals surface area contributed by atoms with Crippen molar-refractivity contribution in [3.63, 3.8) is 0 Å². The van der Waals surface area contributed by atoms with E-state index >= 15 is 0 Å². The first-order chi connectivity index (χ1) is 17.9. The van der Waals surface area contributed by atoms with Crippen molar-refractivity contribution in [2.45, 2.75) is 52.6 Å². The number of aromatic nitrogens is 2. The fourth-order valence-electron chi connectivity index (χ4n) is 4.42. The fraction of sp³-hybridized carbons (Fsp3) is 0.333. The number of hydrogen-bond acceptors (Lipinski definition) is 5. The molecule has 4 N–H and O–H groups in total. The normalized spacial score (nSPS) is 19.2. The van der Waals surface area contributed by atoms with E-state index < -0.39 is 11.6 Å². The summed E-state index contributed by atoms with van der Waals surface area (Å²) in [6, 6.07) is 19.2. The first-order valence-electron chi connectivity index (χ1n) is 13.1. The van der Waals surface area contributed by atoms with Crippen LogP contribution in [0.5, 0.6) is 11.5 Å². The monoisotopic (exact) mass is 501 g/mol. The van der Waals surface area contributed by atoms with Crippen LogP contribution in [0.25, 0.3) is 10.8 Å². The molecule has 7 nitrogen and oxygen atoms in total. The van der Waals surface area contributed by atoms with Crippen LogP contribution < -0.4 is 21.1 Å². The zero-order valence-corrected chi connectivity index (χ0v) is 22.7. The first-order valence-corrected chi connectivity index (χ1v) is 13.1. The molecule has 0 radical (unpaired) electrons. The van der Waals surface area contributed by atoms with E-state index in [1.807, 2.05) is 107 Å². The third-order valence-corrected chi connectivity index (χ3v) is 6.33. The van der Waals surface area contributed by atoms with E-state index in [2.05, 4.69) is 15.6 Å². The first kappa shape index (κ1) is 27.9. The molecule has 7 heteroatoms. The van der Waals surface area contributed by atoms with Crippen LogP contribution in [0.2, 0.25) is 0 Å². The molecule has 0 saturated heterocycles. The van der Waals surface area contributed by atoms with Crippen molar-refractivity contribution >= 4 is 22.4 Å². The fourth-order valence-corrected chi connectivity index (χ4v) is 4.42. The van der Waals surface area contributed by atoms with E-state index in [0.29, 0.717) is 24.5 Å². The molecule has 4 bridgehead atoms. The molecule has 0 fully saturated rings. The summed E-state index contributed by atoms with van der Waals surface area (Å²) in [5.41, 5.74) is 8.79. The second-order valence-corrected chi connectivity index (χ2v) is 8.59. The van der Waals surface area contributed by atoms with E-state index in [0.717, 1.165) is 27.7 Å². The number of imidazole rings is 1. The number of rotatable bonds is 1. The Labute approximate surface area is 220 Å². The van der Waals surface area contributed by atoms with Gasteiger partial charge in [-0.2, -0.15) is 0 Å². The summed E-state index contributed by atoms with van der Waals surface area (Å²) in [4.78, 5) is 17.2.